The molecular weight excluding hydrogens is 252 g/mol. The molecule has 0 bridgehead atoms. The van der Waals surface area contributed by atoms with Crippen LogP contribution in [0.2, 0.25) is 0 Å². The molecular formula is C16H28N2O2. The lowest BCUT2D eigenvalue weighted by molar-refractivity contribution is -0.923. The summed E-state index contributed by atoms with van der Waals surface area (Å²) in [5, 5.41) is 10.0. The van der Waals surface area contributed by atoms with Gasteiger partial charge in [0.05, 0.1) is 32.1 Å². The van der Waals surface area contributed by atoms with Crippen LogP contribution in [0.3, 0.4) is 0 Å². The number of hydrogen-bond donors (Lipinski definition) is 0. The summed E-state index contributed by atoms with van der Waals surface area (Å²) in [5.41, 5.74) is 0.109. The van der Waals surface area contributed by atoms with Crippen LogP contribution in [0, 0.1) is 0 Å². The van der Waals surface area contributed by atoms with Crippen molar-refractivity contribution in [3.8, 4) is 0 Å². The molecule has 0 aliphatic rings. The van der Waals surface area contributed by atoms with Crippen LogP contribution in [0.25, 0.3) is 0 Å². The second-order valence-electron chi connectivity index (χ2n) is 4.90. The summed E-state index contributed by atoms with van der Waals surface area (Å²) in [4.78, 5) is 13.6. The van der Waals surface area contributed by atoms with Gasteiger partial charge >= 0.3 is 0 Å². The summed E-state index contributed by atoms with van der Waals surface area (Å²) in [6.07, 6.45) is 5.47. The Kier molecular flexibility index (Phi) is 9.64. The van der Waals surface area contributed by atoms with E-state index >= 15 is 0 Å². The van der Waals surface area contributed by atoms with Gasteiger partial charge in [-0.1, -0.05) is 19.4 Å². The molecule has 0 atom stereocenters. The van der Waals surface area contributed by atoms with Gasteiger partial charge in [0.25, 0.3) is 0 Å². The van der Waals surface area contributed by atoms with Gasteiger partial charge in [-0.2, -0.15) is 0 Å². The van der Waals surface area contributed by atoms with E-state index in [1.165, 1.54) is 62.0 Å². The van der Waals surface area contributed by atoms with Gasteiger partial charge in [0.2, 0.25) is 0 Å². The molecule has 0 unspecified atom stereocenters. The lowest BCUT2D eigenvalue weighted by Gasteiger charge is -2.35. The number of unbranched alkanes of at least 4 members (excludes halogenated alkanes) is 1. The van der Waals surface area contributed by atoms with Crippen LogP contribution in [0.15, 0.2) is 24.5 Å². The van der Waals surface area contributed by atoms with Crippen LogP contribution in [-0.4, -0.2) is 41.6 Å². The molecule has 1 aromatic heterocycles. The average molecular weight is 280 g/mol. The Morgan fingerprint density at radius 2 is 1.80 bits per heavy atom. The highest BCUT2D eigenvalue weighted by Crippen LogP contribution is 2.07. The summed E-state index contributed by atoms with van der Waals surface area (Å²) in [5.74, 6) is -1.19. The topological polar surface area (TPSA) is 53.0 Å². The van der Waals surface area contributed by atoms with E-state index in [9.17, 15) is 9.90 Å². The zero-order chi connectivity index (χ0) is 15.4. The average Bonchev–Trinajstić information content (AvgIpc) is 2.51. The molecule has 0 spiro atoms. The molecule has 0 saturated heterocycles. The molecule has 114 valence electrons. The van der Waals surface area contributed by atoms with Crippen molar-refractivity contribution in [2.24, 2.45) is 0 Å². The highest BCUT2D eigenvalue weighted by Gasteiger charge is 2.18. The molecule has 0 aromatic carbocycles. The number of aromatic nitrogens is 1. The predicted octanol–water partition coefficient (Wildman–Crippen LogP) is 2.11. The van der Waals surface area contributed by atoms with Crippen molar-refractivity contribution in [3.05, 3.63) is 30.1 Å². The maximum Gasteiger partial charge on any atom is 0.0786 e. The van der Waals surface area contributed by atoms with Crippen LogP contribution in [0.1, 0.15) is 50.9 Å². The zero-order valence-corrected chi connectivity index (χ0v) is 13.3. The molecule has 1 heterocycles. The van der Waals surface area contributed by atoms with Gasteiger partial charge in [0.15, 0.2) is 0 Å². The second kappa shape index (κ2) is 10.4. The number of nitrogens with zero attached hydrogens (tertiary/aromatic N) is 2. The Morgan fingerprint density at radius 3 is 2.10 bits per heavy atom. The van der Waals surface area contributed by atoms with E-state index in [4.69, 9.17) is 0 Å². The maximum atomic E-state index is 10.0. The second-order valence-corrected chi connectivity index (χ2v) is 4.90. The molecule has 20 heavy (non-hydrogen) atoms. The monoisotopic (exact) mass is 280 g/mol. The third-order valence-corrected chi connectivity index (χ3v) is 3.90. The first-order chi connectivity index (χ1) is 9.55. The number of hydrogen-bond acceptors (Lipinski definition) is 3. The first-order valence-electron chi connectivity index (χ1n) is 7.51. The maximum absolute atomic E-state index is 10.0. The van der Waals surface area contributed by atoms with E-state index in [-0.39, 0.29) is 5.56 Å². The zero-order valence-electron chi connectivity index (χ0n) is 13.3. The quantitative estimate of drug-likeness (QED) is 0.719. The van der Waals surface area contributed by atoms with Gasteiger partial charge in [-0.3, -0.25) is 4.98 Å². The van der Waals surface area contributed by atoms with Crippen molar-refractivity contribution in [2.45, 2.75) is 40.5 Å². The fraction of sp³-hybridized carbons (Fsp3) is 0.625. The normalized spacial score (nSPS) is 10.6. The van der Waals surface area contributed by atoms with Crippen molar-refractivity contribution < 1.29 is 14.4 Å². The third-order valence-electron chi connectivity index (χ3n) is 3.90. The number of carbonyl (C=O) groups excluding carboxylic acids is 1. The SMILES string of the molecule is CCCC[N+](CC)(CC)CC.O=C([O-])c1cccnc1. The van der Waals surface area contributed by atoms with Crippen LogP contribution < -0.4 is 5.11 Å². The van der Waals surface area contributed by atoms with Crippen LogP contribution >= 0.6 is 0 Å². The molecule has 0 radical (unpaired) electrons. The Hall–Kier alpha value is -1.42. The van der Waals surface area contributed by atoms with E-state index in [1.54, 1.807) is 6.07 Å². The Balaban J connectivity index is 0.000000367. The highest BCUT2D eigenvalue weighted by atomic mass is 16.4. The molecule has 4 heteroatoms. The molecule has 0 aliphatic heterocycles. The predicted molar refractivity (Wildman–Crippen MR) is 80.2 cm³/mol. The van der Waals surface area contributed by atoms with Crippen molar-refractivity contribution in [2.75, 3.05) is 26.2 Å². The van der Waals surface area contributed by atoms with E-state index in [0.29, 0.717) is 0 Å². The molecule has 0 fully saturated rings. The first kappa shape index (κ1) is 18.6. The molecule has 0 N–H and O–H groups in total. The van der Waals surface area contributed by atoms with E-state index < -0.39 is 5.97 Å². The summed E-state index contributed by atoms with van der Waals surface area (Å²) in [7, 11) is 0. The van der Waals surface area contributed by atoms with Gasteiger partial charge < -0.3 is 14.4 Å². The molecule has 0 aliphatic carbocycles. The smallest absolute Gasteiger partial charge is 0.0786 e. The minimum absolute atomic E-state index is 0.109. The molecule has 4 nitrogen and oxygen atoms in total. The number of carbonyl (C=O) groups is 1. The standard InChI is InChI=1S/C10H24N.C6H5NO2/c1-5-9-10-11(6-2,7-3)8-4;8-6(9)5-2-1-3-7-4-5/h5-10H2,1-4H3;1-4H,(H,8,9)/q+1;/p-1. The van der Waals surface area contributed by atoms with Gasteiger partial charge in [0.1, 0.15) is 0 Å². The van der Waals surface area contributed by atoms with E-state index in [1.807, 2.05) is 0 Å². The fourth-order valence-electron chi connectivity index (χ4n) is 2.12. The van der Waals surface area contributed by atoms with Crippen LogP contribution in [0.4, 0.5) is 0 Å². The largest absolute Gasteiger partial charge is 0.545 e. The Bertz CT molecular complexity index is 354. The molecule has 0 saturated carbocycles. The molecule has 0 amide bonds. The minimum atomic E-state index is -1.19. The van der Waals surface area contributed by atoms with Crippen molar-refractivity contribution in [3.63, 3.8) is 0 Å². The first-order valence-corrected chi connectivity index (χ1v) is 7.51. The Morgan fingerprint density at radius 1 is 1.20 bits per heavy atom. The number of quaternary nitrogens is 1. The molecule has 1 aromatic rings. The number of rotatable bonds is 7. The lowest BCUT2D eigenvalue weighted by atomic mass is 10.2. The van der Waals surface area contributed by atoms with Gasteiger partial charge in [-0.15, -0.1) is 0 Å². The van der Waals surface area contributed by atoms with Gasteiger partial charge in [-0.25, -0.2) is 0 Å². The van der Waals surface area contributed by atoms with E-state index in [2.05, 4.69) is 32.7 Å². The highest BCUT2D eigenvalue weighted by molar-refractivity contribution is 5.85. The van der Waals surface area contributed by atoms with Crippen molar-refractivity contribution >= 4 is 5.97 Å². The van der Waals surface area contributed by atoms with Gasteiger partial charge in [0, 0.05) is 18.0 Å². The number of carboxylic acids is 1. The number of pyridine rings is 1. The number of carboxylic acid groups (broad SMARTS) is 1. The summed E-state index contributed by atoms with van der Waals surface area (Å²) in [6.45, 7) is 14.5. The van der Waals surface area contributed by atoms with Crippen molar-refractivity contribution in [1.82, 2.24) is 4.98 Å². The summed E-state index contributed by atoms with van der Waals surface area (Å²) in [6, 6.07) is 2.98. The third kappa shape index (κ3) is 6.66. The number of aromatic carboxylic acids is 1. The van der Waals surface area contributed by atoms with Crippen molar-refractivity contribution in [1.29, 1.82) is 0 Å². The Labute approximate surface area is 123 Å². The summed E-state index contributed by atoms with van der Waals surface area (Å²) < 4.78 is 1.31. The van der Waals surface area contributed by atoms with Gasteiger partial charge in [-0.05, 0) is 33.3 Å². The lowest BCUT2D eigenvalue weighted by Crippen LogP contribution is -2.48. The fourth-order valence-corrected chi connectivity index (χ4v) is 2.12. The summed E-state index contributed by atoms with van der Waals surface area (Å²) >= 11 is 0. The van der Waals surface area contributed by atoms with E-state index in [0.717, 1.165) is 0 Å². The van der Waals surface area contributed by atoms with Crippen LogP contribution in [-0.2, 0) is 0 Å². The molecule has 1 rings (SSSR count). The van der Waals surface area contributed by atoms with Crippen LogP contribution in [0.5, 0.6) is 0 Å². The minimum Gasteiger partial charge on any atom is -0.545 e.